The molecule has 0 saturated heterocycles. The first-order valence-electron chi connectivity index (χ1n) is 11.7. The molecule has 3 rings (SSSR count). The van der Waals surface area contributed by atoms with Crippen molar-refractivity contribution >= 4 is 6.08 Å². The Kier molecular flexibility index (Phi) is 8.70. The van der Waals surface area contributed by atoms with Crippen molar-refractivity contribution in [1.82, 2.24) is 4.90 Å². The second-order valence-corrected chi connectivity index (χ2v) is 8.95. The van der Waals surface area contributed by atoms with Crippen LogP contribution < -0.4 is 4.74 Å². The SMILES string of the molecule is C=Cc1ccc(OCc2ccccc2)c(C(CCN(C(C)C)C(C)C)c2ccccc2)c1. The lowest BCUT2D eigenvalue weighted by Gasteiger charge is -2.32. The fourth-order valence-electron chi connectivity index (χ4n) is 4.41. The Morgan fingerprint density at radius 2 is 1.47 bits per heavy atom. The van der Waals surface area contributed by atoms with Crippen LogP contribution in [-0.4, -0.2) is 23.5 Å². The molecule has 0 spiro atoms. The maximum Gasteiger partial charge on any atom is 0.123 e. The third-order valence-corrected chi connectivity index (χ3v) is 6.09. The molecule has 0 bridgehead atoms. The van der Waals surface area contributed by atoms with Gasteiger partial charge in [-0.15, -0.1) is 0 Å². The van der Waals surface area contributed by atoms with Crippen LogP contribution in [0.4, 0.5) is 0 Å². The number of ether oxygens (including phenoxy) is 1. The van der Waals surface area contributed by atoms with Crippen LogP contribution in [-0.2, 0) is 6.61 Å². The molecule has 0 aromatic heterocycles. The highest BCUT2D eigenvalue weighted by Crippen LogP contribution is 2.36. The standard InChI is InChI=1S/C30H37NO/c1-6-25-17-18-30(32-22-26-13-9-7-10-14-26)29(21-25)28(27-15-11-8-12-16-27)19-20-31(23(2)3)24(4)5/h6-18,21,23-24,28H,1,19-20,22H2,2-5H3. The molecular formula is C30H37NO. The average molecular weight is 428 g/mol. The monoisotopic (exact) mass is 427 g/mol. The van der Waals surface area contributed by atoms with Crippen molar-refractivity contribution in [3.8, 4) is 5.75 Å². The van der Waals surface area contributed by atoms with E-state index in [1.54, 1.807) is 0 Å². The fraction of sp³-hybridized carbons (Fsp3) is 0.333. The van der Waals surface area contributed by atoms with Crippen LogP contribution in [0.2, 0.25) is 0 Å². The van der Waals surface area contributed by atoms with Gasteiger partial charge in [0.15, 0.2) is 0 Å². The van der Waals surface area contributed by atoms with Crippen LogP contribution in [0.5, 0.6) is 5.75 Å². The molecule has 0 aliphatic rings. The van der Waals surface area contributed by atoms with Crippen LogP contribution in [0.3, 0.4) is 0 Å². The predicted molar refractivity (Wildman–Crippen MR) is 137 cm³/mol. The van der Waals surface area contributed by atoms with Gasteiger partial charge in [-0.05, 0) is 69.5 Å². The summed E-state index contributed by atoms with van der Waals surface area (Å²) in [5.74, 6) is 1.20. The summed E-state index contributed by atoms with van der Waals surface area (Å²) < 4.78 is 6.38. The molecule has 2 heteroatoms. The topological polar surface area (TPSA) is 12.5 Å². The van der Waals surface area contributed by atoms with E-state index < -0.39 is 0 Å². The van der Waals surface area contributed by atoms with Gasteiger partial charge in [0.1, 0.15) is 12.4 Å². The van der Waals surface area contributed by atoms with Crippen LogP contribution in [0.25, 0.3) is 6.08 Å². The van der Waals surface area contributed by atoms with Crippen LogP contribution in [0.1, 0.15) is 62.3 Å². The smallest absolute Gasteiger partial charge is 0.123 e. The Morgan fingerprint density at radius 1 is 0.844 bits per heavy atom. The predicted octanol–water partition coefficient (Wildman–Crippen LogP) is 7.55. The molecule has 0 aliphatic carbocycles. The molecule has 32 heavy (non-hydrogen) atoms. The van der Waals surface area contributed by atoms with Gasteiger partial charge in [0, 0.05) is 23.6 Å². The molecular weight excluding hydrogens is 390 g/mol. The minimum absolute atomic E-state index is 0.252. The highest BCUT2D eigenvalue weighted by molar-refractivity contribution is 5.54. The van der Waals surface area contributed by atoms with E-state index in [-0.39, 0.29) is 5.92 Å². The molecule has 1 unspecified atom stereocenters. The van der Waals surface area contributed by atoms with Crippen LogP contribution in [0.15, 0.2) is 85.4 Å². The Labute approximate surface area is 194 Å². The van der Waals surface area contributed by atoms with E-state index in [4.69, 9.17) is 4.74 Å². The first kappa shape index (κ1) is 23.8. The Bertz CT molecular complexity index is 955. The minimum atomic E-state index is 0.252. The number of hydrogen-bond acceptors (Lipinski definition) is 2. The van der Waals surface area contributed by atoms with Gasteiger partial charge in [-0.25, -0.2) is 0 Å². The Morgan fingerprint density at radius 3 is 2.06 bits per heavy atom. The van der Waals surface area contributed by atoms with Gasteiger partial charge in [0.05, 0.1) is 0 Å². The maximum absolute atomic E-state index is 6.38. The summed E-state index contributed by atoms with van der Waals surface area (Å²) >= 11 is 0. The molecule has 0 N–H and O–H groups in total. The molecule has 0 saturated carbocycles. The molecule has 0 fully saturated rings. The van der Waals surface area contributed by atoms with E-state index in [9.17, 15) is 0 Å². The van der Waals surface area contributed by atoms with Gasteiger partial charge < -0.3 is 4.74 Å². The van der Waals surface area contributed by atoms with E-state index in [2.05, 4.69) is 112 Å². The summed E-state index contributed by atoms with van der Waals surface area (Å²) in [7, 11) is 0. The lowest BCUT2D eigenvalue weighted by Crippen LogP contribution is -2.38. The third-order valence-electron chi connectivity index (χ3n) is 6.09. The molecule has 0 heterocycles. The van der Waals surface area contributed by atoms with E-state index in [0.717, 1.165) is 24.3 Å². The van der Waals surface area contributed by atoms with E-state index in [1.165, 1.54) is 16.7 Å². The zero-order valence-electron chi connectivity index (χ0n) is 20.0. The number of benzene rings is 3. The lowest BCUT2D eigenvalue weighted by atomic mass is 9.86. The van der Waals surface area contributed by atoms with E-state index in [1.807, 2.05) is 12.1 Å². The summed E-state index contributed by atoms with van der Waals surface area (Å²) in [6.45, 7) is 14.7. The van der Waals surface area contributed by atoms with Crippen LogP contribution in [0, 0.1) is 0 Å². The summed E-state index contributed by atoms with van der Waals surface area (Å²) in [6, 6.07) is 28.7. The van der Waals surface area contributed by atoms with E-state index in [0.29, 0.717) is 18.7 Å². The highest BCUT2D eigenvalue weighted by Gasteiger charge is 2.22. The largest absolute Gasteiger partial charge is 0.489 e. The second-order valence-electron chi connectivity index (χ2n) is 8.95. The zero-order chi connectivity index (χ0) is 22.9. The minimum Gasteiger partial charge on any atom is -0.489 e. The molecule has 0 radical (unpaired) electrons. The van der Waals surface area contributed by atoms with Crippen molar-refractivity contribution in [3.63, 3.8) is 0 Å². The molecule has 2 nitrogen and oxygen atoms in total. The van der Waals surface area contributed by atoms with Crippen molar-refractivity contribution in [3.05, 3.63) is 108 Å². The van der Waals surface area contributed by atoms with Gasteiger partial charge in [-0.1, -0.05) is 79.4 Å². The number of nitrogens with zero attached hydrogens (tertiary/aromatic N) is 1. The molecule has 0 amide bonds. The van der Waals surface area contributed by atoms with Crippen molar-refractivity contribution in [1.29, 1.82) is 0 Å². The third kappa shape index (κ3) is 6.34. The second kappa shape index (κ2) is 11.7. The summed E-state index contributed by atoms with van der Waals surface area (Å²) in [4.78, 5) is 2.57. The molecule has 3 aromatic carbocycles. The molecule has 0 aliphatic heterocycles. The quantitative estimate of drug-likeness (QED) is 0.313. The average Bonchev–Trinajstić information content (AvgIpc) is 2.81. The maximum atomic E-state index is 6.38. The Hall–Kier alpha value is -2.84. The van der Waals surface area contributed by atoms with Gasteiger partial charge in [-0.3, -0.25) is 4.90 Å². The first-order valence-corrected chi connectivity index (χ1v) is 11.7. The summed E-state index contributed by atoms with van der Waals surface area (Å²) in [5.41, 5.74) is 4.86. The number of hydrogen-bond donors (Lipinski definition) is 0. The fourth-order valence-corrected chi connectivity index (χ4v) is 4.41. The van der Waals surface area contributed by atoms with Crippen molar-refractivity contribution in [2.24, 2.45) is 0 Å². The van der Waals surface area contributed by atoms with Gasteiger partial charge in [-0.2, -0.15) is 0 Å². The molecule has 1 atom stereocenters. The highest BCUT2D eigenvalue weighted by atomic mass is 16.5. The van der Waals surface area contributed by atoms with Crippen LogP contribution >= 0.6 is 0 Å². The lowest BCUT2D eigenvalue weighted by molar-refractivity contribution is 0.170. The van der Waals surface area contributed by atoms with Gasteiger partial charge >= 0.3 is 0 Å². The van der Waals surface area contributed by atoms with Gasteiger partial charge in [0.2, 0.25) is 0 Å². The molecule has 3 aromatic rings. The Balaban J connectivity index is 1.95. The van der Waals surface area contributed by atoms with Crippen molar-refractivity contribution < 1.29 is 4.74 Å². The summed E-state index contributed by atoms with van der Waals surface area (Å²) in [5, 5.41) is 0. The molecule has 168 valence electrons. The van der Waals surface area contributed by atoms with Crippen molar-refractivity contribution in [2.75, 3.05) is 6.54 Å². The van der Waals surface area contributed by atoms with Crippen molar-refractivity contribution in [2.45, 2.75) is 58.7 Å². The summed E-state index contributed by atoms with van der Waals surface area (Å²) in [6.07, 6.45) is 2.95. The number of rotatable bonds is 11. The zero-order valence-corrected chi connectivity index (χ0v) is 20.0. The van der Waals surface area contributed by atoms with E-state index >= 15 is 0 Å². The normalized spacial score (nSPS) is 12.3. The first-order chi connectivity index (χ1) is 15.5. The van der Waals surface area contributed by atoms with Gasteiger partial charge in [0.25, 0.3) is 0 Å².